The third kappa shape index (κ3) is 3.40. The van der Waals surface area contributed by atoms with E-state index in [1.165, 1.54) is 25.6 Å². The van der Waals surface area contributed by atoms with Crippen LogP contribution < -0.4 is 4.74 Å². The lowest BCUT2D eigenvalue weighted by molar-refractivity contribution is 0.0472. The number of aromatic nitrogens is 3. The summed E-state index contributed by atoms with van der Waals surface area (Å²) in [6, 6.07) is 11.1. The van der Waals surface area contributed by atoms with Gasteiger partial charge in [-0.2, -0.15) is 5.10 Å². The monoisotopic (exact) mass is 327 g/mol. The number of rotatable bonds is 5. The Kier molecular flexibility index (Phi) is 4.51. The lowest BCUT2D eigenvalue weighted by atomic mass is 10.2. The minimum atomic E-state index is -0.497. The van der Waals surface area contributed by atoms with Gasteiger partial charge in [-0.15, -0.1) is 0 Å². The predicted molar refractivity (Wildman–Crippen MR) is 83.4 cm³/mol. The van der Waals surface area contributed by atoms with E-state index in [1.54, 1.807) is 41.3 Å². The first-order valence-electron chi connectivity index (χ1n) is 7.12. The summed E-state index contributed by atoms with van der Waals surface area (Å²) in [5.41, 5.74) is 1.72. The molecule has 122 valence electrons. The first-order valence-corrected chi connectivity index (χ1v) is 7.12. The van der Waals surface area contributed by atoms with Gasteiger partial charge in [0.1, 0.15) is 19.3 Å². The molecule has 0 radical (unpaired) electrons. The van der Waals surface area contributed by atoms with Crippen LogP contribution in [0.15, 0.2) is 55.1 Å². The minimum absolute atomic E-state index is 0.0232. The van der Waals surface area contributed by atoms with Crippen LogP contribution in [0.4, 0.5) is 4.39 Å². The zero-order valence-corrected chi connectivity index (χ0v) is 12.8. The number of hydrogen-bond acceptors (Lipinski definition) is 5. The Labute approximate surface area is 137 Å². The Bertz CT molecular complexity index is 833. The van der Waals surface area contributed by atoms with Crippen molar-refractivity contribution in [3.05, 3.63) is 72.1 Å². The van der Waals surface area contributed by atoms with Gasteiger partial charge in [-0.1, -0.05) is 6.07 Å². The molecule has 0 aliphatic heterocycles. The molecule has 0 aliphatic carbocycles. The lowest BCUT2D eigenvalue weighted by Gasteiger charge is -2.07. The van der Waals surface area contributed by atoms with Crippen LogP contribution in [-0.4, -0.2) is 27.8 Å². The maximum absolute atomic E-state index is 13.6. The van der Waals surface area contributed by atoms with Crippen molar-refractivity contribution >= 4 is 5.97 Å². The van der Waals surface area contributed by atoms with Crippen molar-refractivity contribution in [2.75, 3.05) is 7.11 Å². The van der Waals surface area contributed by atoms with Gasteiger partial charge in [-0.05, 0) is 42.0 Å². The van der Waals surface area contributed by atoms with Gasteiger partial charge in [-0.25, -0.2) is 18.9 Å². The van der Waals surface area contributed by atoms with Gasteiger partial charge in [0.05, 0.1) is 18.4 Å². The highest BCUT2D eigenvalue weighted by atomic mass is 19.1. The van der Waals surface area contributed by atoms with Crippen LogP contribution >= 0.6 is 0 Å². The molecule has 2 aromatic carbocycles. The van der Waals surface area contributed by atoms with Gasteiger partial charge in [0.2, 0.25) is 0 Å². The highest BCUT2D eigenvalue weighted by Crippen LogP contribution is 2.18. The second-order valence-electron chi connectivity index (χ2n) is 4.93. The summed E-state index contributed by atoms with van der Waals surface area (Å²) in [4.78, 5) is 15.9. The zero-order valence-electron chi connectivity index (χ0n) is 12.8. The smallest absolute Gasteiger partial charge is 0.338 e. The summed E-state index contributed by atoms with van der Waals surface area (Å²) >= 11 is 0. The van der Waals surface area contributed by atoms with Gasteiger partial charge >= 0.3 is 5.97 Å². The Hall–Kier alpha value is -3.22. The third-order valence-corrected chi connectivity index (χ3v) is 3.37. The first-order chi connectivity index (χ1) is 11.7. The van der Waals surface area contributed by atoms with E-state index in [2.05, 4.69) is 10.1 Å². The molecule has 1 aromatic heterocycles. The number of halogens is 1. The third-order valence-electron chi connectivity index (χ3n) is 3.37. The Balaban J connectivity index is 1.63. The second kappa shape index (κ2) is 6.91. The van der Waals surface area contributed by atoms with Crippen LogP contribution in [0.5, 0.6) is 5.75 Å². The number of benzene rings is 2. The van der Waals surface area contributed by atoms with Crippen molar-refractivity contribution in [2.45, 2.75) is 6.61 Å². The average Bonchev–Trinajstić information content (AvgIpc) is 3.14. The standard InChI is InChI=1S/C17H14FN3O3/c1-23-16-7-2-12(8-15(16)18)9-24-17(22)13-3-5-14(6-4-13)21-11-19-10-20-21/h2-8,10-11H,9H2,1H3. The van der Waals surface area contributed by atoms with E-state index in [4.69, 9.17) is 9.47 Å². The topological polar surface area (TPSA) is 66.2 Å². The fourth-order valence-electron chi connectivity index (χ4n) is 2.12. The molecule has 0 saturated heterocycles. The van der Waals surface area contributed by atoms with E-state index in [1.807, 2.05) is 0 Å². The minimum Gasteiger partial charge on any atom is -0.494 e. The number of hydrogen-bond donors (Lipinski definition) is 0. The Morgan fingerprint density at radius 3 is 2.62 bits per heavy atom. The molecule has 0 unspecified atom stereocenters. The van der Waals surface area contributed by atoms with E-state index in [0.717, 1.165) is 5.69 Å². The molecule has 6 nitrogen and oxygen atoms in total. The molecule has 1 heterocycles. The zero-order chi connectivity index (χ0) is 16.9. The molecule has 3 aromatic rings. The molecule has 0 amide bonds. The average molecular weight is 327 g/mol. The van der Waals surface area contributed by atoms with Crippen molar-refractivity contribution in [1.82, 2.24) is 14.8 Å². The van der Waals surface area contributed by atoms with Gasteiger partial charge in [0.25, 0.3) is 0 Å². The van der Waals surface area contributed by atoms with Crippen LogP contribution in [0, 0.1) is 5.82 Å². The molecule has 0 N–H and O–H groups in total. The van der Waals surface area contributed by atoms with Gasteiger partial charge in [-0.3, -0.25) is 0 Å². The molecule has 7 heteroatoms. The van der Waals surface area contributed by atoms with Crippen LogP contribution in [0.25, 0.3) is 5.69 Å². The summed E-state index contributed by atoms with van der Waals surface area (Å²) in [7, 11) is 1.39. The molecule has 0 aliphatic rings. The van der Waals surface area contributed by atoms with E-state index >= 15 is 0 Å². The summed E-state index contributed by atoms with van der Waals surface area (Å²) in [5, 5.41) is 4.00. The predicted octanol–water partition coefficient (Wildman–Crippen LogP) is 2.77. The summed E-state index contributed by atoms with van der Waals surface area (Å²) < 4.78 is 25.2. The lowest BCUT2D eigenvalue weighted by Crippen LogP contribution is -2.06. The van der Waals surface area contributed by atoms with Crippen molar-refractivity contribution in [1.29, 1.82) is 0 Å². The van der Waals surface area contributed by atoms with Crippen molar-refractivity contribution in [2.24, 2.45) is 0 Å². The van der Waals surface area contributed by atoms with Crippen molar-refractivity contribution in [3.8, 4) is 11.4 Å². The Morgan fingerprint density at radius 2 is 2.00 bits per heavy atom. The second-order valence-corrected chi connectivity index (χ2v) is 4.93. The molecule has 3 rings (SSSR count). The molecule has 0 saturated carbocycles. The molecule has 24 heavy (non-hydrogen) atoms. The molecular weight excluding hydrogens is 313 g/mol. The van der Waals surface area contributed by atoms with Crippen LogP contribution in [0.3, 0.4) is 0 Å². The van der Waals surface area contributed by atoms with Crippen LogP contribution in [0.1, 0.15) is 15.9 Å². The van der Waals surface area contributed by atoms with E-state index in [-0.39, 0.29) is 12.4 Å². The van der Waals surface area contributed by atoms with Crippen LogP contribution in [0.2, 0.25) is 0 Å². The van der Waals surface area contributed by atoms with Gasteiger partial charge in [0.15, 0.2) is 11.6 Å². The number of esters is 1. The molecular formula is C17H14FN3O3. The largest absolute Gasteiger partial charge is 0.494 e. The summed E-state index contributed by atoms with van der Waals surface area (Å²) in [6.45, 7) is -0.0232. The molecule has 0 atom stereocenters. The quantitative estimate of drug-likeness (QED) is 0.674. The number of methoxy groups -OCH3 is 1. The SMILES string of the molecule is COc1ccc(COC(=O)c2ccc(-n3cncn3)cc2)cc1F. The number of carbonyl (C=O) groups is 1. The molecule has 0 bridgehead atoms. The normalized spacial score (nSPS) is 10.4. The first kappa shape index (κ1) is 15.7. The highest BCUT2D eigenvalue weighted by Gasteiger charge is 2.09. The maximum Gasteiger partial charge on any atom is 0.338 e. The fraction of sp³-hybridized carbons (Fsp3) is 0.118. The van der Waals surface area contributed by atoms with Crippen molar-refractivity contribution < 1.29 is 18.7 Å². The number of carbonyl (C=O) groups excluding carboxylic acids is 1. The van der Waals surface area contributed by atoms with Crippen molar-refractivity contribution in [3.63, 3.8) is 0 Å². The van der Waals surface area contributed by atoms with E-state index < -0.39 is 11.8 Å². The molecule has 0 fully saturated rings. The van der Waals surface area contributed by atoms with E-state index in [0.29, 0.717) is 11.1 Å². The number of nitrogens with zero attached hydrogens (tertiary/aromatic N) is 3. The van der Waals surface area contributed by atoms with Gasteiger partial charge < -0.3 is 9.47 Å². The summed E-state index contributed by atoms with van der Waals surface area (Å²) in [5.74, 6) is -0.839. The van der Waals surface area contributed by atoms with E-state index in [9.17, 15) is 9.18 Å². The number of ether oxygens (including phenoxy) is 2. The summed E-state index contributed by atoms with van der Waals surface area (Å²) in [6.07, 6.45) is 2.99. The Morgan fingerprint density at radius 1 is 1.21 bits per heavy atom. The highest BCUT2D eigenvalue weighted by molar-refractivity contribution is 5.89. The van der Waals surface area contributed by atoms with Crippen LogP contribution in [-0.2, 0) is 11.3 Å². The molecule has 0 spiro atoms. The van der Waals surface area contributed by atoms with Gasteiger partial charge in [0, 0.05) is 0 Å². The maximum atomic E-state index is 13.6. The fourth-order valence-corrected chi connectivity index (χ4v) is 2.12.